The third-order valence-corrected chi connectivity index (χ3v) is 4.50. The van der Waals surface area contributed by atoms with Crippen LogP contribution in [0.1, 0.15) is 35.2 Å². The molecule has 114 valence electrons. The first kappa shape index (κ1) is 15.2. The van der Waals surface area contributed by atoms with Crippen molar-refractivity contribution in [3.8, 4) is 0 Å². The Hall–Kier alpha value is -1.71. The Labute approximate surface area is 134 Å². The fourth-order valence-electron chi connectivity index (χ4n) is 3.02. The number of nitrogens with zero attached hydrogens (tertiary/aromatic N) is 1. The lowest BCUT2D eigenvalue weighted by Crippen LogP contribution is -2.22. The smallest absolute Gasteiger partial charge is 0.141 e. The number of aldehydes is 1. The van der Waals surface area contributed by atoms with Crippen LogP contribution in [0.15, 0.2) is 36.4 Å². The topological polar surface area (TPSA) is 20.3 Å². The zero-order valence-electron chi connectivity index (χ0n) is 12.4. The maximum Gasteiger partial charge on any atom is 0.141 e. The van der Waals surface area contributed by atoms with Gasteiger partial charge < -0.3 is 4.79 Å². The quantitative estimate of drug-likeness (QED) is 0.784. The number of aryl methyl sites for hydroxylation is 1. The molecule has 0 fully saturated rings. The molecular formula is C18H17ClFNO. The first-order valence-corrected chi connectivity index (χ1v) is 7.75. The van der Waals surface area contributed by atoms with Crippen LogP contribution >= 0.6 is 11.6 Å². The minimum atomic E-state index is -0.408. The van der Waals surface area contributed by atoms with Crippen LogP contribution in [0.2, 0.25) is 5.02 Å². The standard InChI is InChI=1S/C18H17ClFNO/c1-2-12-3-5-13(6-4-12)9-21-10-14-7-15(20)8-16(19)18(14)17(21)11-22/h3-8,11,17H,2,9-10H2,1H3. The largest absolute Gasteiger partial charge is 0.301 e. The second kappa shape index (κ2) is 6.19. The molecule has 1 aliphatic heterocycles. The Bertz CT molecular complexity index is 699. The summed E-state index contributed by atoms with van der Waals surface area (Å²) < 4.78 is 13.5. The highest BCUT2D eigenvalue weighted by Gasteiger charge is 2.32. The predicted molar refractivity (Wildman–Crippen MR) is 85.3 cm³/mol. The van der Waals surface area contributed by atoms with E-state index in [0.29, 0.717) is 18.1 Å². The summed E-state index contributed by atoms with van der Waals surface area (Å²) in [4.78, 5) is 13.5. The van der Waals surface area contributed by atoms with Crippen LogP contribution in [0.5, 0.6) is 0 Å². The second-order valence-corrected chi connectivity index (χ2v) is 6.02. The van der Waals surface area contributed by atoms with E-state index in [1.54, 1.807) is 0 Å². The molecule has 1 aliphatic rings. The SMILES string of the molecule is CCc1ccc(CN2Cc3cc(F)cc(Cl)c3C2C=O)cc1. The normalized spacial score (nSPS) is 17.5. The molecule has 0 amide bonds. The molecule has 22 heavy (non-hydrogen) atoms. The van der Waals surface area contributed by atoms with Gasteiger partial charge in [-0.15, -0.1) is 0 Å². The molecule has 0 radical (unpaired) electrons. The third-order valence-electron chi connectivity index (χ3n) is 4.19. The lowest BCUT2D eigenvalue weighted by molar-refractivity contribution is -0.112. The van der Waals surface area contributed by atoms with E-state index in [1.807, 2.05) is 4.90 Å². The minimum Gasteiger partial charge on any atom is -0.301 e. The summed E-state index contributed by atoms with van der Waals surface area (Å²) in [6, 6.07) is 10.7. The molecule has 2 aromatic carbocycles. The van der Waals surface area contributed by atoms with Gasteiger partial charge in [0.1, 0.15) is 12.1 Å². The first-order valence-electron chi connectivity index (χ1n) is 7.37. The number of benzene rings is 2. The van der Waals surface area contributed by atoms with Crippen molar-refractivity contribution < 1.29 is 9.18 Å². The zero-order chi connectivity index (χ0) is 15.7. The van der Waals surface area contributed by atoms with Crippen molar-refractivity contribution in [3.05, 3.63) is 69.5 Å². The number of carbonyl (C=O) groups excluding carboxylic acids is 1. The Morgan fingerprint density at radius 2 is 1.95 bits per heavy atom. The summed E-state index contributed by atoms with van der Waals surface area (Å²) >= 11 is 6.13. The summed E-state index contributed by atoms with van der Waals surface area (Å²) in [5.41, 5.74) is 3.95. The molecule has 2 aromatic rings. The number of fused-ring (bicyclic) bond motifs is 1. The molecular weight excluding hydrogens is 301 g/mol. The fourth-order valence-corrected chi connectivity index (χ4v) is 3.36. The van der Waals surface area contributed by atoms with E-state index in [9.17, 15) is 9.18 Å². The molecule has 3 rings (SSSR count). The molecule has 0 saturated carbocycles. The molecule has 0 aliphatic carbocycles. The lowest BCUT2D eigenvalue weighted by atomic mass is 10.1. The number of hydrogen-bond acceptors (Lipinski definition) is 2. The molecule has 0 saturated heterocycles. The summed E-state index contributed by atoms with van der Waals surface area (Å²) in [7, 11) is 0. The highest BCUT2D eigenvalue weighted by molar-refractivity contribution is 6.31. The minimum absolute atomic E-state index is 0.330. The second-order valence-electron chi connectivity index (χ2n) is 5.62. The van der Waals surface area contributed by atoms with Gasteiger partial charge in [-0.05, 0) is 40.8 Å². The highest BCUT2D eigenvalue weighted by Crippen LogP contribution is 2.38. The number of carbonyl (C=O) groups is 1. The van der Waals surface area contributed by atoms with Gasteiger partial charge in [0.05, 0.1) is 6.04 Å². The maximum atomic E-state index is 13.5. The van der Waals surface area contributed by atoms with Gasteiger partial charge in [0.2, 0.25) is 0 Å². The van der Waals surface area contributed by atoms with Gasteiger partial charge in [-0.2, -0.15) is 0 Å². The van der Waals surface area contributed by atoms with Crippen LogP contribution in [0.25, 0.3) is 0 Å². The summed E-state index contributed by atoms with van der Waals surface area (Å²) in [6.45, 7) is 3.29. The van der Waals surface area contributed by atoms with Crippen molar-refractivity contribution in [1.82, 2.24) is 4.90 Å². The molecule has 1 heterocycles. The van der Waals surface area contributed by atoms with E-state index >= 15 is 0 Å². The van der Waals surface area contributed by atoms with Crippen molar-refractivity contribution >= 4 is 17.9 Å². The average Bonchev–Trinajstić information content (AvgIpc) is 2.85. The van der Waals surface area contributed by atoms with Crippen LogP contribution in [-0.4, -0.2) is 11.2 Å². The molecule has 2 nitrogen and oxygen atoms in total. The van der Waals surface area contributed by atoms with E-state index in [4.69, 9.17) is 11.6 Å². The predicted octanol–water partition coefficient (Wildman–Crippen LogP) is 4.30. The lowest BCUT2D eigenvalue weighted by Gasteiger charge is -2.21. The average molecular weight is 318 g/mol. The summed E-state index contributed by atoms with van der Waals surface area (Å²) in [5.74, 6) is -0.359. The van der Waals surface area contributed by atoms with Crippen molar-refractivity contribution in [3.63, 3.8) is 0 Å². The van der Waals surface area contributed by atoms with Gasteiger partial charge in [0.25, 0.3) is 0 Å². The highest BCUT2D eigenvalue weighted by atomic mass is 35.5. The van der Waals surface area contributed by atoms with Crippen molar-refractivity contribution in [2.75, 3.05) is 0 Å². The van der Waals surface area contributed by atoms with Crippen LogP contribution in [0.4, 0.5) is 4.39 Å². The van der Waals surface area contributed by atoms with E-state index in [0.717, 1.165) is 29.4 Å². The van der Waals surface area contributed by atoms with Crippen molar-refractivity contribution in [2.45, 2.75) is 32.5 Å². The Kier molecular flexibility index (Phi) is 4.27. The third kappa shape index (κ3) is 2.79. The number of rotatable bonds is 4. The van der Waals surface area contributed by atoms with Crippen LogP contribution < -0.4 is 0 Å². The Morgan fingerprint density at radius 1 is 1.27 bits per heavy atom. The number of halogens is 2. The first-order chi connectivity index (χ1) is 10.6. The van der Waals surface area contributed by atoms with Gasteiger partial charge in [-0.3, -0.25) is 4.90 Å². The number of hydrogen-bond donors (Lipinski definition) is 0. The molecule has 1 unspecified atom stereocenters. The van der Waals surface area contributed by atoms with Gasteiger partial charge in [-0.25, -0.2) is 4.39 Å². The van der Waals surface area contributed by atoms with Crippen LogP contribution in [0, 0.1) is 5.82 Å². The summed E-state index contributed by atoms with van der Waals surface area (Å²) in [6.07, 6.45) is 1.89. The molecule has 4 heteroatoms. The molecule has 0 N–H and O–H groups in total. The fraction of sp³-hybridized carbons (Fsp3) is 0.278. The van der Waals surface area contributed by atoms with E-state index in [2.05, 4.69) is 31.2 Å². The Balaban J connectivity index is 1.86. The van der Waals surface area contributed by atoms with E-state index < -0.39 is 6.04 Å². The Morgan fingerprint density at radius 3 is 2.59 bits per heavy atom. The van der Waals surface area contributed by atoms with E-state index in [-0.39, 0.29) is 5.82 Å². The van der Waals surface area contributed by atoms with Crippen LogP contribution in [0.3, 0.4) is 0 Å². The van der Waals surface area contributed by atoms with Crippen LogP contribution in [-0.2, 0) is 24.3 Å². The van der Waals surface area contributed by atoms with Gasteiger partial charge in [0.15, 0.2) is 0 Å². The van der Waals surface area contributed by atoms with Gasteiger partial charge in [0, 0.05) is 18.1 Å². The van der Waals surface area contributed by atoms with Crippen molar-refractivity contribution in [1.29, 1.82) is 0 Å². The monoisotopic (exact) mass is 317 g/mol. The van der Waals surface area contributed by atoms with Gasteiger partial charge in [-0.1, -0.05) is 42.8 Å². The summed E-state index contributed by atoms with van der Waals surface area (Å²) in [5, 5.41) is 0.330. The molecule has 0 aromatic heterocycles. The maximum absolute atomic E-state index is 13.5. The van der Waals surface area contributed by atoms with Gasteiger partial charge >= 0.3 is 0 Å². The molecule has 0 bridgehead atoms. The van der Waals surface area contributed by atoms with E-state index in [1.165, 1.54) is 17.7 Å². The molecule has 0 spiro atoms. The zero-order valence-corrected chi connectivity index (χ0v) is 13.1. The van der Waals surface area contributed by atoms with Crippen molar-refractivity contribution in [2.24, 2.45) is 0 Å². The molecule has 1 atom stereocenters.